The van der Waals surface area contributed by atoms with E-state index in [0.29, 0.717) is 18.4 Å². The maximum Gasteiger partial charge on any atom is 0.222 e. The second kappa shape index (κ2) is 11.5. The molecule has 1 saturated heterocycles. The molecule has 1 aromatic rings. The van der Waals surface area contributed by atoms with Crippen molar-refractivity contribution in [1.82, 2.24) is 15.5 Å². The van der Waals surface area contributed by atoms with Crippen molar-refractivity contribution in [2.45, 2.75) is 57.9 Å². The molecule has 1 amide bonds. The van der Waals surface area contributed by atoms with Crippen molar-refractivity contribution in [1.29, 1.82) is 0 Å². The molecule has 0 bridgehead atoms. The van der Waals surface area contributed by atoms with Gasteiger partial charge in [-0.3, -0.25) is 9.79 Å². The molecule has 1 heterocycles. The first-order valence-electron chi connectivity index (χ1n) is 9.77. The number of hydrogen-bond acceptors (Lipinski definition) is 2. The molecule has 2 rings (SSSR count). The number of likely N-dealkylation sites (tertiary alicyclic amines) is 1. The number of hydrogen-bond donors (Lipinski definition) is 2. The SMILES string of the molecule is CCC(CCNC(=NC)NCC(C)(C)c1ccccc1)N1CCCC1=O.I. The van der Waals surface area contributed by atoms with Gasteiger partial charge in [0, 0.05) is 44.6 Å². The molecule has 6 heteroatoms. The minimum absolute atomic E-state index is 0. The Kier molecular flexibility index (Phi) is 10.1. The van der Waals surface area contributed by atoms with E-state index in [4.69, 9.17) is 0 Å². The molecule has 1 fully saturated rings. The van der Waals surface area contributed by atoms with Crippen LogP contribution in [-0.4, -0.2) is 49.5 Å². The van der Waals surface area contributed by atoms with E-state index >= 15 is 0 Å². The highest BCUT2D eigenvalue weighted by molar-refractivity contribution is 14.0. The van der Waals surface area contributed by atoms with Gasteiger partial charge in [0.15, 0.2) is 5.96 Å². The highest BCUT2D eigenvalue weighted by Crippen LogP contribution is 2.21. The number of benzene rings is 1. The minimum atomic E-state index is 0. The molecule has 152 valence electrons. The summed E-state index contributed by atoms with van der Waals surface area (Å²) in [6.07, 6.45) is 3.66. The standard InChI is InChI=1S/C21H34N4O.HI/c1-5-18(25-15-9-12-19(25)26)13-14-23-20(22-4)24-16-21(2,3)17-10-7-6-8-11-17;/h6-8,10-11,18H,5,9,12-16H2,1-4H3,(H2,22,23,24);1H. The largest absolute Gasteiger partial charge is 0.356 e. The number of nitrogens with zero attached hydrogens (tertiary/aromatic N) is 2. The van der Waals surface area contributed by atoms with E-state index in [9.17, 15) is 4.79 Å². The fourth-order valence-electron chi connectivity index (χ4n) is 3.51. The average Bonchev–Trinajstić information content (AvgIpc) is 3.08. The normalized spacial score (nSPS) is 16.1. The van der Waals surface area contributed by atoms with Crippen molar-refractivity contribution < 1.29 is 4.79 Å². The maximum absolute atomic E-state index is 11.9. The summed E-state index contributed by atoms with van der Waals surface area (Å²) in [5, 5.41) is 6.83. The van der Waals surface area contributed by atoms with Crippen LogP contribution in [0.1, 0.15) is 52.0 Å². The molecule has 1 aromatic carbocycles. The van der Waals surface area contributed by atoms with E-state index in [2.05, 4.69) is 65.6 Å². The lowest BCUT2D eigenvalue weighted by atomic mass is 9.85. The molecule has 1 aliphatic rings. The Hall–Kier alpha value is -1.31. The fourth-order valence-corrected chi connectivity index (χ4v) is 3.51. The van der Waals surface area contributed by atoms with Crippen LogP contribution in [0.15, 0.2) is 35.3 Å². The van der Waals surface area contributed by atoms with Gasteiger partial charge in [0.25, 0.3) is 0 Å². The summed E-state index contributed by atoms with van der Waals surface area (Å²) >= 11 is 0. The molecule has 27 heavy (non-hydrogen) atoms. The Morgan fingerprint density at radius 2 is 1.96 bits per heavy atom. The van der Waals surface area contributed by atoms with E-state index < -0.39 is 0 Å². The first-order chi connectivity index (χ1) is 12.5. The summed E-state index contributed by atoms with van der Waals surface area (Å²) in [4.78, 5) is 18.3. The first kappa shape index (κ1) is 23.7. The van der Waals surface area contributed by atoms with Crippen LogP contribution in [0.5, 0.6) is 0 Å². The Labute approximate surface area is 181 Å². The van der Waals surface area contributed by atoms with Crippen molar-refractivity contribution in [3.8, 4) is 0 Å². The fraction of sp³-hybridized carbons (Fsp3) is 0.619. The van der Waals surface area contributed by atoms with Gasteiger partial charge in [-0.2, -0.15) is 0 Å². The van der Waals surface area contributed by atoms with Crippen LogP contribution >= 0.6 is 24.0 Å². The first-order valence-corrected chi connectivity index (χ1v) is 9.77. The highest BCUT2D eigenvalue weighted by atomic mass is 127. The molecule has 1 unspecified atom stereocenters. The molecule has 0 aliphatic carbocycles. The number of carbonyl (C=O) groups excluding carboxylic acids is 1. The van der Waals surface area contributed by atoms with Gasteiger partial charge in [0.05, 0.1) is 0 Å². The van der Waals surface area contributed by atoms with Crippen LogP contribution in [0.2, 0.25) is 0 Å². The zero-order chi connectivity index (χ0) is 19.0. The van der Waals surface area contributed by atoms with Crippen LogP contribution in [-0.2, 0) is 10.2 Å². The van der Waals surface area contributed by atoms with Crippen molar-refractivity contribution in [3.63, 3.8) is 0 Å². The molecule has 1 atom stereocenters. The van der Waals surface area contributed by atoms with Crippen LogP contribution in [0.4, 0.5) is 0 Å². The Morgan fingerprint density at radius 3 is 2.52 bits per heavy atom. The van der Waals surface area contributed by atoms with Gasteiger partial charge in [-0.15, -0.1) is 24.0 Å². The van der Waals surface area contributed by atoms with Crippen molar-refractivity contribution in [2.24, 2.45) is 4.99 Å². The molecule has 2 N–H and O–H groups in total. The maximum atomic E-state index is 11.9. The molecular weight excluding hydrogens is 451 g/mol. The summed E-state index contributed by atoms with van der Waals surface area (Å²) < 4.78 is 0. The lowest BCUT2D eigenvalue weighted by Gasteiger charge is -2.28. The van der Waals surface area contributed by atoms with Crippen LogP contribution < -0.4 is 10.6 Å². The zero-order valence-electron chi connectivity index (χ0n) is 17.1. The van der Waals surface area contributed by atoms with Crippen molar-refractivity contribution in [3.05, 3.63) is 35.9 Å². The summed E-state index contributed by atoms with van der Waals surface area (Å²) in [5.41, 5.74) is 1.33. The number of amides is 1. The number of rotatable bonds is 8. The summed E-state index contributed by atoms with van der Waals surface area (Å²) in [7, 11) is 1.80. The van der Waals surface area contributed by atoms with Crippen molar-refractivity contribution in [2.75, 3.05) is 26.7 Å². The van der Waals surface area contributed by atoms with Gasteiger partial charge < -0.3 is 15.5 Å². The predicted octanol–water partition coefficient (Wildman–Crippen LogP) is 3.54. The van der Waals surface area contributed by atoms with E-state index in [1.54, 1.807) is 7.05 Å². The third kappa shape index (κ3) is 6.97. The molecule has 1 aliphatic heterocycles. The third-order valence-corrected chi connectivity index (χ3v) is 5.27. The molecule has 0 aromatic heterocycles. The minimum Gasteiger partial charge on any atom is -0.356 e. The van der Waals surface area contributed by atoms with Gasteiger partial charge in [-0.1, -0.05) is 51.1 Å². The Balaban J connectivity index is 0.00000364. The van der Waals surface area contributed by atoms with Crippen LogP contribution in [0.25, 0.3) is 0 Å². The van der Waals surface area contributed by atoms with Gasteiger partial charge in [0.2, 0.25) is 5.91 Å². The lowest BCUT2D eigenvalue weighted by Crippen LogP contribution is -2.45. The van der Waals surface area contributed by atoms with E-state index in [1.165, 1.54) is 5.56 Å². The lowest BCUT2D eigenvalue weighted by molar-refractivity contribution is -0.129. The second-order valence-electron chi connectivity index (χ2n) is 7.64. The molecule has 0 saturated carbocycles. The van der Waals surface area contributed by atoms with Crippen molar-refractivity contribution >= 4 is 35.8 Å². The number of halogens is 1. The Morgan fingerprint density at radius 1 is 1.26 bits per heavy atom. The second-order valence-corrected chi connectivity index (χ2v) is 7.64. The topological polar surface area (TPSA) is 56.7 Å². The van der Waals surface area contributed by atoms with Crippen LogP contribution in [0.3, 0.4) is 0 Å². The Bertz CT molecular complexity index is 603. The average molecular weight is 486 g/mol. The van der Waals surface area contributed by atoms with Crippen LogP contribution in [0, 0.1) is 0 Å². The van der Waals surface area contributed by atoms with Gasteiger partial charge in [-0.25, -0.2) is 0 Å². The van der Waals surface area contributed by atoms with E-state index in [1.807, 2.05) is 6.07 Å². The summed E-state index contributed by atoms with van der Waals surface area (Å²) in [5.74, 6) is 1.13. The molecule has 0 radical (unpaired) electrons. The van der Waals surface area contributed by atoms with E-state index in [-0.39, 0.29) is 29.4 Å². The molecule has 0 spiro atoms. The third-order valence-electron chi connectivity index (χ3n) is 5.27. The quantitative estimate of drug-likeness (QED) is 0.336. The highest BCUT2D eigenvalue weighted by Gasteiger charge is 2.26. The zero-order valence-corrected chi connectivity index (χ0v) is 19.5. The number of aliphatic imine (C=N–C) groups is 1. The summed E-state index contributed by atoms with van der Waals surface area (Å²) in [6.45, 7) is 9.15. The number of guanidine groups is 1. The van der Waals surface area contributed by atoms with Gasteiger partial charge in [-0.05, 0) is 24.8 Å². The van der Waals surface area contributed by atoms with Gasteiger partial charge >= 0.3 is 0 Å². The monoisotopic (exact) mass is 486 g/mol. The molecular formula is C21H35IN4O. The summed E-state index contributed by atoms with van der Waals surface area (Å²) in [6, 6.07) is 10.9. The van der Waals surface area contributed by atoms with E-state index in [0.717, 1.165) is 44.9 Å². The smallest absolute Gasteiger partial charge is 0.222 e. The number of nitrogens with one attached hydrogen (secondary N) is 2. The van der Waals surface area contributed by atoms with Gasteiger partial charge in [0.1, 0.15) is 0 Å². The predicted molar refractivity (Wildman–Crippen MR) is 124 cm³/mol. The molecule has 5 nitrogen and oxygen atoms in total. The number of carbonyl (C=O) groups is 1.